The molecule has 1 saturated heterocycles. The minimum absolute atomic E-state index is 0.239. The molecule has 0 radical (unpaired) electrons. The van der Waals surface area contributed by atoms with Crippen LogP contribution in [0.3, 0.4) is 0 Å². The predicted molar refractivity (Wildman–Crippen MR) is 90.1 cm³/mol. The van der Waals surface area contributed by atoms with E-state index in [1.165, 1.54) is 11.3 Å². The summed E-state index contributed by atoms with van der Waals surface area (Å²) in [6.07, 6.45) is 3.16. The Bertz CT molecular complexity index is 642. The van der Waals surface area contributed by atoms with Gasteiger partial charge in [0.05, 0.1) is 5.54 Å². The van der Waals surface area contributed by atoms with Crippen molar-refractivity contribution in [3.05, 3.63) is 45.9 Å². The summed E-state index contributed by atoms with van der Waals surface area (Å²) in [5.74, 6) is 0. The van der Waals surface area contributed by atoms with Crippen LogP contribution in [0.25, 0.3) is 0 Å². The van der Waals surface area contributed by atoms with Gasteiger partial charge >= 0.3 is 6.03 Å². The van der Waals surface area contributed by atoms with Crippen molar-refractivity contribution in [1.29, 1.82) is 0 Å². The van der Waals surface area contributed by atoms with Crippen LogP contribution in [0.2, 0.25) is 0 Å². The van der Waals surface area contributed by atoms with E-state index in [0.717, 1.165) is 22.9 Å². The average Bonchev–Trinajstić information content (AvgIpc) is 3.01. The third-order valence-electron chi connectivity index (χ3n) is 3.73. The van der Waals surface area contributed by atoms with Crippen LogP contribution in [0.1, 0.15) is 18.4 Å². The van der Waals surface area contributed by atoms with Crippen LogP contribution in [-0.2, 0) is 10.3 Å². The first-order valence-corrected chi connectivity index (χ1v) is 8.68. The van der Waals surface area contributed by atoms with E-state index >= 15 is 0 Å². The van der Waals surface area contributed by atoms with Gasteiger partial charge in [-0.3, -0.25) is 5.32 Å². The zero-order valence-electron chi connectivity index (χ0n) is 11.8. The quantitative estimate of drug-likeness (QED) is 0.850. The Morgan fingerprint density at radius 2 is 2.18 bits per heavy atom. The van der Waals surface area contributed by atoms with Gasteiger partial charge in [-0.25, -0.2) is 9.78 Å². The van der Waals surface area contributed by atoms with Crippen molar-refractivity contribution in [1.82, 2.24) is 10.3 Å². The SMILES string of the molecule is O=C(Nc1nccs1)NC1(c2cccc(Br)c2)CCOCC1. The van der Waals surface area contributed by atoms with E-state index < -0.39 is 5.54 Å². The second-order valence-corrected chi connectivity index (χ2v) is 6.93. The van der Waals surface area contributed by atoms with E-state index in [4.69, 9.17) is 4.74 Å². The van der Waals surface area contributed by atoms with Crippen molar-refractivity contribution in [3.8, 4) is 0 Å². The minimum atomic E-state index is -0.413. The smallest absolute Gasteiger partial charge is 0.321 e. The van der Waals surface area contributed by atoms with Gasteiger partial charge in [0.25, 0.3) is 0 Å². The number of nitrogens with zero attached hydrogens (tertiary/aromatic N) is 1. The highest BCUT2D eigenvalue weighted by molar-refractivity contribution is 9.10. The Balaban J connectivity index is 1.81. The molecule has 2 amide bonds. The molecule has 3 rings (SSSR count). The summed E-state index contributed by atoms with van der Waals surface area (Å²) in [6.45, 7) is 1.26. The van der Waals surface area contributed by atoms with E-state index in [1.807, 2.05) is 23.6 Å². The first kappa shape index (κ1) is 15.5. The summed E-state index contributed by atoms with van der Waals surface area (Å²) < 4.78 is 6.47. The predicted octanol–water partition coefficient (Wildman–Crippen LogP) is 3.73. The monoisotopic (exact) mass is 381 g/mol. The van der Waals surface area contributed by atoms with Crippen LogP contribution in [0.15, 0.2) is 40.3 Å². The highest BCUT2D eigenvalue weighted by Crippen LogP contribution is 2.33. The average molecular weight is 382 g/mol. The number of carbonyl (C=O) groups is 1. The lowest BCUT2D eigenvalue weighted by molar-refractivity contribution is 0.0418. The van der Waals surface area contributed by atoms with Crippen molar-refractivity contribution in [3.63, 3.8) is 0 Å². The van der Waals surface area contributed by atoms with Gasteiger partial charge in [-0.2, -0.15) is 0 Å². The van der Waals surface area contributed by atoms with E-state index in [-0.39, 0.29) is 6.03 Å². The van der Waals surface area contributed by atoms with Gasteiger partial charge in [0.1, 0.15) is 0 Å². The van der Waals surface area contributed by atoms with Crippen LogP contribution in [0, 0.1) is 0 Å². The number of aromatic nitrogens is 1. The Morgan fingerprint density at radius 1 is 1.36 bits per heavy atom. The van der Waals surface area contributed by atoms with Gasteiger partial charge in [-0.1, -0.05) is 28.1 Å². The summed E-state index contributed by atoms with van der Waals surface area (Å²) in [4.78, 5) is 16.4. The fraction of sp³-hybridized carbons (Fsp3) is 0.333. The van der Waals surface area contributed by atoms with E-state index in [2.05, 4.69) is 37.6 Å². The van der Waals surface area contributed by atoms with Crippen LogP contribution in [0.5, 0.6) is 0 Å². The zero-order chi connectivity index (χ0) is 15.4. The molecule has 116 valence electrons. The molecular formula is C15H16BrN3O2S. The van der Waals surface area contributed by atoms with Gasteiger partial charge in [0, 0.05) is 29.3 Å². The number of benzene rings is 1. The second kappa shape index (κ2) is 6.76. The number of thiazole rings is 1. The molecule has 0 atom stereocenters. The van der Waals surface area contributed by atoms with E-state index in [0.29, 0.717) is 18.3 Å². The molecule has 0 spiro atoms. The Labute approximate surface area is 141 Å². The molecule has 1 aliphatic heterocycles. The van der Waals surface area contributed by atoms with E-state index in [1.54, 1.807) is 6.20 Å². The molecule has 1 aliphatic rings. The lowest BCUT2D eigenvalue weighted by Gasteiger charge is -2.38. The molecule has 2 heterocycles. The normalized spacial score (nSPS) is 17.0. The molecule has 7 heteroatoms. The molecule has 1 fully saturated rings. The standard InChI is InChI=1S/C15H16BrN3O2S/c16-12-3-1-2-11(10-12)15(4-7-21-8-5-15)19-13(20)18-14-17-6-9-22-14/h1-3,6,9-10H,4-5,7-8H2,(H2,17,18,19,20). The largest absolute Gasteiger partial charge is 0.381 e. The molecule has 0 bridgehead atoms. The van der Waals surface area contributed by atoms with Gasteiger partial charge in [0.15, 0.2) is 5.13 Å². The first-order valence-electron chi connectivity index (χ1n) is 7.00. The van der Waals surface area contributed by atoms with Gasteiger partial charge < -0.3 is 10.1 Å². The van der Waals surface area contributed by atoms with Gasteiger partial charge in [0.2, 0.25) is 0 Å². The number of amides is 2. The number of hydrogen-bond donors (Lipinski definition) is 2. The number of nitrogens with one attached hydrogen (secondary N) is 2. The molecule has 0 aliphatic carbocycles. The number of rotatable bonds is 3. The Hall–Kier alpha value is -1.44. The van der Waals surface area contributed by atoms with E-state index in [9.17, 15) is 4.79 Å². The van der Waals surface area contributed by atoms with Crippen LogP contribution in [0.4, 0.5) is 9.93 Å². The highest BCUT2D eigenvalue weighted by Gasteiger charge is 2.36. The summed E-state index contributed by atoms with van der Waals surface area (Å²) in [5, 5.41) is 8.33. The fourth-order valence-corrected chi connectivity index (χ4v) is 3.55. The van der Waals surface area contributed by atoms with Crippen LogP contribution >= 0.6 is 27.3 Å². The number of urea groups is 1. The molecule has 2 N–H and O–H groups in total. The molecule has 5 nitrogen and oxygen atoms in total. The number of hydrogen-bond acceptors (Lipinski definition) is 4. The summed E-state index contributed by atoms with van der Waals surface area (Å²) in [5.41, 5.74) is 0.670. The lowest BCUT2D eigenvalue weighted by Crippen LogP contribution is -2.50. The number of anilines is 1. The number of carbonyl (C=O) groups excluding carboxylic acids is 1. The Kier molecular flexibility index (Phi) is 4.75. The minimum Gasteiger partial charge on any atom is -0.381 e. The van der Waals surface area contributed by atoms with Crippen LogP contribution < -0.4 is 10.6 Å². The highest BCUT2D eigenvalue weighted by atomic mass is 79.9. The third-order valence-corrected chi connectivity index (χ3v) is 4.91. The van der Waals surface area contributed by atoms with Crippen LogP contribution in [-0.4, -0.2) is 24.2 Å². The molecular weight excluding hydrogens is 366 g/mol. The van der Waals surface area contributed by atoms with Crippen molar-refractivity contribution in [2.75, 3.05) is 18.5 Å². The number of halogens is 1. The topological polar surface area (TPSA) is 63.2 Å². The van der Waals surface area contributed by atoms with Crippen molar-refractivity contribution < 1.29 is 9.53 Å². The molecule has 2 aromatic rings. The van der Waals surface area contributed by atoms with Crippen molar-refractivity contribution in [2.24, 2.45) is 0 Å². The summed E-state index contributed by atoms with van der Waals surface area (Å²) in [6, 6.07) is 7.81. The summed E-state index contributed by atoms with van der Waals surface area (Å²) >= 11 is 4.90. The lowest BCUT2D eigenvalue weighted by atomic mass is 9.83. The third kappa shape index (κ3) is 3.48. The maximum absolute atomic E-state index is 12.3. The number of ether oxygens (including phenoxy) is 1. The van der Waals surface area contributed by atoms with Gasteiger partial charge in [-0.05, 0) is 30.5 Å². The fourth-order valence-electron chi connectivity index (χ4n) is 2.62. The van der Waals surface area contributed by atoms with Crippen molar-refractivity contribution in [2.45, 2.75) is 18.4 Å². The van der Waals surface area contributed by atoms with Gasteiger partial charge in [-0.15, -0.1) is 11.3 Å². The summed E-state index contributed by atoms with van der Waals surface area (Å²) in [7, 11) is 0. The maximum atomic E-state index is 12.3. The maximum Gasteiger partial charge on any atom is 0.321 e. The molecule has 0 unspecified atom stereocenters. The zero-order valence-corrected chi connectivity index (χ0v) is 14.2. The van der Waals surface area contributed by atoms with Crippen molar-refractivity contribution >= 4 is 38.4 Å². The molecule has 1 aromatic heterocycles. The second-order valence-electron chi connectivity index (χ2n) is 5.12. The molecule has 1 aromatic carbocycles. The molecule has 0 saturated carbocycles. The molecule has 22 heavy (non-hydrogen) atoms. The Morgan fingerprint density at radius 3 is 2.86 bits per heavy atom. The first-order chi connectivity index (χ1) is 10.7.